The Bertz CT molecular complexity index is 284. The van der Waals surface area contributed by atoms with Crippen LogP contribution < -0.4 is 4.74 Å². The molecule has 1 aromatic carbocycles. The van der Waals surface area contributed by atoms with Gasteiger partial charge in [0.05, 0.1) is 13.7 Å². The predicted octanol–water partition coefficient (Wildman–Crippen LogP) is 1.64. The van der Waals surface area contributed by atoms with Crippen molar-refractivity contribution in [1.29, 1.82) is 0 Å². The lowest BCUT2D eigenvalue weighted by Crippen LogP contribution is -1.97. The second-order valence-corrected chi connectivity index (χ2v) is 2.51. The topological polar surface area (TPSA) is 29.5 Å². The van der Waals surface area contributed by atoms with Crippen molar-refractivity contribution in [3.8, 4) is 5.75 Å². The fraction of sp³-hybridized carbons (Fsp3) is 0.333. The first-order chi connectivity index (χ1) is 5.70. The van der Waals surface area contributed by atoms with E-state index in [2.05, 4.69) is 0 Å². The molecule has 1 rings (SSSR count). The summed E-state index contributed by atoms with van der Waals surface area (Å²) in [6.07, 6.45) is 0. The zero-order valence-electron chi connectivity index (χ0n) is 7.10. The van der Waals surface area contributed by atoms with E-state index < -0.39 is 0 Å². The summed E-state index contributed by atoms with van der Waals surface area (Å²) in [7, 11) is 1.49. The van der Waals surface area contributed by atoms with Gasteiger partial charge >= 0.3 is 0 Å². The number of benzene rings is 1. The third-order valence-corrected chi connectivity index (χ3v) is 1.87. The molecule has 0 heterocycles. The Hall–Kier alpha value is -1.09. The summed E-state index contributed by atoms with van der Waals surface area (Å²) in [6, 6.07) is 2.83. The van der Waals surface area contributed by atoms with Gasteiger partial charge in [-0.1, -0.05) is 0 Å². The second-order valence-electron chi connectivity index (χ2n) is 2.51. The van der Waals surface area contributed by atoms with Gasteiger partial charge in [0.15, 0.2) is 0 Å². The summed E-state index contributed by atoms with van der Waals surface area (Å²) < 4.78 is 17.9. The number of hydrogen-bond donors (Lipinski definition) is 1. The quantitative estimate of drug-likeness (QED) is 0.731. The summed E-state index contributed by atoms with van der Waals surface area (Å²) in [5.74, 6) is 0.205. The number of ether oxygens (including phenoxy) is 1. The van der Waals surface area contributed by atoms with E-state index in [1.54, 1.807) is 6.92 Å². The molecule has 0 unspecified atom stereocenters. The molecule has 0 atom stereocenters. The van der Waals surface area contributed by atoms with Crippen molar-refractivity contribution in [3.63, 3.8) is 0 Å². The monoisotopic (exact) mass is 170 g/mol. The van der Waals surface area contributed by atoms with Crippen LogP contribution in [0.2, 0.25) is 0 Å². The van der Waals surface area contributed by atoms with Crippen molar-refractivity contribution in [3.05, 3.63) is 29.1 Å². The standard InChI is InChI=1S/C9H11FO2/c1-6-7(5-11)9(12-2)4-3-8(6)10/h3-4,11H,5H2,1-2H3. The smallest absolute Gasteiger partial charge is 0.126 e. The first kappa shape index (κ1) is 9.00. The zero-order chi connectivity index (χ0) is 9.14. The largest absolute Gasteiger partial charge is 0.496 e. The van der Waals surface area contributed by atoms with Crippen molar-refractivity contribution in [2.45, 2.75) is 13.5 Å². The van der Waals surface area contributed by atoms with Crippen molar-refractivity contribution in [2.75, 3.05) is 7.11 Å². The summed E-state index contributed by atoms with van der Waals surface area (Å²) >= 11 is 0. The molecule has 0 spiro atoms. The summed E-state index contributed by atoms with van der Waals surface area (Å²) in [5, 5.41) is 8.91. The van der Waals surface area contributed by atoms with E-state index in [1.807, 2.05) is 0 Å². The Morgan fingerprint density at radius 2 is 2.17 bits per heavy atom. The van der Waals surface area contributed by atoms with Crippen LogP contribution in [0.4, 0.5) is 4.39 Å². The van der Waals surface area contributed by atoms with Gasteiger partial charge in [-0.15, -0.1) is 0 Å². The Kier molecular flexibility index (Phi) is 2.65. The van der Waals surface area contributed by atoms with Crippen molar-refractivity contribution in [1.82, 2.24) is 0 Å². The Balaban J connectivity index is 3.25. The molecule has 0 bridgehead atoms. The average Bonchev–Trinajstić information content (AvgIpc) is 2.09. The summed E-state index contributed by atoms with van der Waals surface area (Å²) in [5.41, 5.74) is 0.953. The molecule has 0 fully saturated rings. The first-order valence-electron chi connectivity index (χ1n) is 3.63. The van der Waals surface area contributed by atoms with Crippen LogP contribution in [0.5, 0.6) is 5.75 Å². The molecule has 12 heavy (non-hydrogen) atoms. The summed E-state index contributed by atoms with van der Waals surface area (Å²) in [4.78, 5) is 0. The van der Waals surface area contributed by atoms with Gasteiger partial charge in [-0.05, 0) is 24.6 Å². The van der Waals surface area contributed by atoms with Crippen molar-refractivity contribution < 1.29 is 14.2 Å². The van der Waals surface area contributed by atoms with Crippen LogP contribution in [-0.2, 0) is 6.61 Å². The van der Waals surface area contributed by atoms with Gasteiger partial charge in [0.2, 0.25) is 0 Å². The van der Waals surface area contributed by atoms with E-state index in [0.717, 1.165) is 0 Å². The number of aliphatic hydroxyl groups is 1. The Morgan fingerprint density at radius 1 is 1.50 bits per heavy atom. The first-order valence-corrected chi connectivity index (χ1v) is 3.63. The lowest BCUT2D eigenvalue weighted by Gasteiger charge is -2.09. The molecular weight excluding hydrogens is 159 g/mol. The SMILES string of the molecule is COc1ccc(F)c(C)c1CO. The fourth-order valence-corrected chi connectivity index (χ4v) is 1.09. The molecule has 0 saturated carbocycles. The molecule has 0 radical (unpaired) electrons. The maximum absolute atomic E-state index is 12.9. The van der Waals surface area contributed by atoms with E-state index in [-0.39, 0.29) is 12.4 Å². The van der Waals surface area contributed by atoms with Crippen LogP contribution in [0, 0.1) is 12.7 Å². The number of aliphatic hydroxyl groups excluding tert-OH is 1. The van der Waals surface area contributed by atoms with E-state index >= 15 is 0 Å². The zero-order valence-corrected chi connectivity index (χ0v) is 7.10. The maximum atomic E-state index is 12.9. The highest BCUT2D eigenvalue weighted by molar-refractivity contribution is 5.39. The third kappa shape index (κ3) is 1.41. The van der Waals surface area contributed by atoms with Crippen LogP contribution in [0.25, 0.3) is 0 Å². The molecule has 66 valence electrons. The van der Waals surface area contributed by atoms with E-state index in [0.29, 0.717) is 16.9 Å². The van der Waals surface area contributed by atoms with E-state index in [4.69, 9.17) is 9.84 Å². The molecule has 0 aliphatic rings. The number of halogens is 1. The molecule has 2 nitrogen and oxygen atoms in total. The molecule has 0 amide bonds. The normalized spacial score (nSPS) is 10.0. The lowest BCUT2D eigenvalue weighted by atomic mass is 10.1. The molecule has 3 heteroatoms. The molecule has 1 aromatic rings. The molecule has 0 aromatic heterocycles. The minimum Gasteiger partial charge on any atom is -0.496 e. The van der Waals surface area contributed by atoms with Crippen LogP contribution in [-0.4, -0.2) is 12.2 Å². The van der Waals surface area contributed by atoms with Gasteiger partial charge < -0.3 is 9.84 Å². The number of rotatable bonds is 2. The van der Waals surface area contributed by atoms with Gasteiger partial charge in [-0.3, -0.25) is 0 Å². The van der Waals surface area contributed by atoms with Crippen molar-refractivity contribution >= 4 is 0 Å². The minimum atomic E-state index is -0.320. The third-order valence-electron chi connectivity index (χ3n) is 1.87. The highest BCUT2D eigenvalue weighted by atomic mass is 19.1. The van der Waals surface area contributed by atoms with Gasteiger partial charge in [-0.25, -0.2) is 4.39 Å². The van der Waals surface area contributed by atoms with Gasteiger partial charge in [0.1, 0.15) is 11.6 Å². The highest BCUT2D eigenvalue weighted by Crippen LogP contribution is 2.23. The van der Waals surface area contributed by atoms with E-state index in [1.165, 1.54) is 19.2 Å². The summed E-state index contributed by atoms with van der Waals surface area (Å²) in [6.45, 7) is 1.41. The second kappa shape index (κ2) is 3.54. The fourth-order valence-electron chi connectivity index (χ4n) is 1.09. The Morgan fingerprint density at radius 3 is 2.67 bits per heavy atom. The maximum Gasteiger partial charge on any atom is 0.126 e. The number of hydrogen-bond acceptors (Lipinski definition) is 2. The van der Waals surface area contributed by atoms with Crippen LogP contribution in [0.15, 0.2) is 12.1 Å². The molecule has 1 N–H and O–H groups in total. The Labute approximate surface area is 70.6 Å². The molecule has 0 aliphatic carbocycles. The van der Waals surface area contributed by atoms with Crippen molar-refractivity contribution in [2.24, 2.45) is 0 Å². The van der Waals surface area contributed by atoms with Crippen LogP contribution in [0.1, 0.15) is 11.1 Å². The van der Waals surface area contributed by atoms with E-state index in [9.17, 15) is 4.39 Å². The lowest BCUT2D eigenvalue weighted by molar-refractivity contribution is 0.272. The van der Waals surface area contributed by atoms with Gasteiger partial charge in [0.25, 0.3) is 0 Å². The van der Waals surface area contributed by atoms with Crippen LogP contribution in [0.3, 0.4) is 0 Å². The molecular formula is C9H11FO2. The highest BCUT2D eigenvalue weighted by Gasteiger charge is 2.08. The number of methoxy groups -OCH3 is 1. The average molecular weight is 170 g/mol. The van der Waals surface area contributed by atoms with Crippen LogP contribution >= 0.6 is 0 Å². The predicted molar refractivity (Wildman–Crippen MR) is 43.6 cm³/mol. The molecule has 0 aliphatic heterocycles. The minimum absolute atomic E-state index is 0.202. The van der Waals surface area contributed by atoms with Gasteiger partial charge in [0, 0.05) is 5.56 Å². The van der Waals surface area contributed by atoms with Gasteiger partial charge in [-0.2, -0.15) is 0 Å². The molecule has 0 saturated heterocycles.